The van der Waals surface area contributed by atoms with Crippen molar-refractivity contribution in [3.05, 3.63) is 39.3 Å². The van der Waals surface area contributed by atoms with Gasteiger partial charge in [0.1, 0.15) is 15.7 Å². The molecule has 0 aromatic carbocycles. The van der Waals surface area contributed by atoms with Gasteiger partial charge in [-0.2, -0.15) is 4.37 Å². The molecule has 9 heteroatoms. The van der Waals surface area contributed by atoms with Gasteiger partial charge in [0.05, 0.1) is 16.3 Å². The molecule has 0 unspecified atom stereocenters. The van der Waals surface area contributed by atoms with Crippen LogP contribution in [0.15, 0.2) is 12.3 Å². The zero-order valence-corrected chi connectivity index (χ0v) is 13.3. The van der Waals surface area contributed by atoms with Crippen molar-refractivity contribution in [1.82, 2.24) is 9.36 Å². The minimum atomic E-state index is -1.14. The molecule has 0 aliphatic heterocycles. The number of aromatic nitrogens is 2. The number of halogens is 2. The maximum absolute atomic E-state index is 12.4. The highest BCUT2D eigenvalue weighted by Crippen LogP contribution is 2.30. The maximum Gasteiger partial charge on any atom is 0.340 e. The Hall–Kier alpha value is -1.70. The van der Waals surface area contributed by atoms with Crippen molar-refractivity contribution in [2.24, 2.45) is 0 Å². The molecule has 0 fully saturated rings. The highest BCUT2D eigenvalue weighted by atomic mass is 35.5. The lowest BCUT2D eigenvalue weighted by Crippen LogP contribution is -2.27. The Balaban J connectivity index is 2.45. The zero-order valence-electron chi connectivity index (χ0n) is 10.9. The van der Waals surface area contributed by atoms with E-state index in [0.717, 1.165) is 11.5 Å². The lowest BCUT2D eigenvalue weighted by atomic mass is 10.2. The van der Waals surface area contributed by atoms with Crippen molar-refractivity contribution in [2.75, 3.05) is 11.9 Å². The number of hydrogen-bond donors (Lipinski definition) is 1. The Morgan fingerprint density at radius 2 is 2.05 bits per heavy atom. The van der Waals surface area contributed by atoms with Crippen LogP contribution in [-0.2, 0) is 0 Å². The summed E-state index contributed by atoms with van der Waals surface area (Å²) in [6, 6.07) is 1.33. The minimum absolute atomic E-state index is 0.00729. The van der Waals surface area contributed by atoms with Crippen molar-refractivity contribution in [3.63, 3.8) is 0 Å². The molecule has 1 amide bonds. The van der Waals surface area contributed by atoms with Gasteiger partial charge in [0.25, 0.3) is 5.91 Å². The highest BCUT2D eigenvalue weighted by Gasteiger charge is 2.25. The third-order valence-electron chi connectivity index (χ3n) is 2.72. The molecular weight excluding hydrogens is 337 g/mol. The zero-order chi connectivity index (χ0) is 15.7. The standard InChI is InChI=1S/C12H9Cl2N3O3S/c1-5-9(12(19)20)11(21-16-5)17(2)10(18)6-3-8(14)15-4-7(6)13/h3-4H,1-2H3,(H,19,20). The molecule has 0 bridgehead atoms. The summed E-state index contributed by atoms with van der Waals surface area (Å²) in [6.45, 7) is 1.57. The fraction of sp³-hybridized carbons (Fsp3) is 0.167. The van der Waals surface area contributed by atoms with Gasteiger partial charge >= 0.3 is 5.97 Å². The summed E-state index contributed by atoms with van der Waals surface area (Å²) in [5.74, 6) is -1.63. The fourth-order valence-corrected chi connectivity index (χ4v) is 2.87. The molecule has 1 N–H and O–H groups in total. The molecule has 0 aliphatic carbocycles. The Bertz CT molecular complexity index is 733. The van der Waals surface area contributed by atoms with Crippen molar-refractivity contribution in [2.45, 2.75) is 6.92 Å². The second-order valence-corrected chi connectivity index (χ2v) is 5.65. The molecule has 6 nitrogen and oxygen atoms in total. The number of carbonyl (C=O) groups excluding carboxylic acids is 1. The predicted octanol–water partition coefficient (Wildman–Crippen LogP) is 3.13. The molecule has 2 aromatic heterocycles. The number of carboxylic acid groups (broad SMARTS) is 1. The lowest BCUT2D eigenvalue weighted by Gasteiger charge is -2.16. The summed E-state index contributed by atoms with van der Waals surface area (Å²) in [5.41, 5.74) is 0.481. The summed E-state index contributed by atoms with van der Waals surface area (Å²) in [7, 11) is 1.45. The number of carbonyl (C=O) groups is 2. The molecule has 0 saturated heterocycles. The molecule has 0 atom stereocenters. The van der Waals surface area contributed by atoms with E-state index in [9.17, 15) is 14.7 Å². The Kier molecular flexibility index (Phi) is 4.46. The molecule has 110 valence electrons. The van der Waals surface area contributed by atoms with Gasteiger partial charge < -0.3 is 10.0 Å². The van der Waals surface area contributed by atoms with E-state index in [1.165, 1.54) is 24.2 Å². The Labute approximate surface area is 134 Å². The molecule has 0 spiro atoms. The Morgan fingerprint density at radius 1 is 1.38 bits per heavy atom. The second-order valence-electron chi connectivity index (χ2n) is 4.10. The van der Waals surface area contributed by atoms with E-state index in [0.29, 0.717) is 5.69 Å². The normalized spacial score (nSPS) is 10.5. The number of hydrogen-bond acceptors (Lipinski definition) is 5. The smallest absolute Gasteiger partial charge is 0.340 e. The lowest BCUT2D eigenvalue weighted by molar-refractivity contribution is 0.0697. The van der Waals surface area contributed by atoms with Gasteiger partial charge in [-0.05, 0) is 24.5 Å². The number of amides is 1. The summed E-state index contributed by atoms with van der Waals surface area (Å²) < 4.78 is 3.97. The molecule has 21 heavy (non-hydrogen) atoms. The van der Waals surface area contributed by atoms with Crippen LogP contribution in [0.2, 0.25) is 10.2 Å². The molecule has 0 aliphatic rings. The highest BCUT2D eigenvalue weighted by molar-refractivity contribution is 7.11. The monoisotopic (exact) mass is 345 g/mol. The SMILES string of the molecule is Cc1nsc(N(C)C(=O)c2cc(Cl)ncc2Cl)c1C(=O)O. The van der Waals surface area contributed by atoms with E-state index in [2.05, 4.69) is 9.36 Å². The predicted molar refractivity (Wildman–Crippen MR) is 80.8 cm³/mol. The third kappa shape index (κ3) is 2.99. The van der Waals surface area contributed by atoms with Gasteiger partial charge in [0.15, 0.2) is 0 Å². The van der Waals surface area contributed by atoms with Crippen LogP contribution in [0.3, 0.4) is 0 Å². The van der Waals surface area contributed by atoms with Crippen LogP contribution in [0.5, 0.6) is 0 Å². The van der Waals surface area contributed by atoms with E-state index < -0.39 is 11.9 Å². The first-order chi connectivity index (χ1) is 9.82. The van der Waals surface area contributed by atoms with E-state index in [1.54, 1.807) is 6.92 Å². The molecule has 2 rings (SSSR count). The maximum atomic E-state index is 12.4. The quantitative estimate of drug-likeness (QED) is 0.864. The van der Waals surface area contributed by atoms with Crippen LogP contribution < -0.4 is 4.90 Å². The van der Waals surface area contributed by atoms with E-state index in [4.69, 9.17) is 23.2 Å². The van der Waals surface area contributed by atoms with Gasteiger partial charge in [-0.1, -0.05) is 23.2 Å². The second kappa shape index (κ2) is 5.97. The van der Waals surface area contributed by atoms with Crippen LogP contribution in [0.25, 0.3) is 0 Å². The fourth-order valence-electron chi connectivity index (χ4n) is 1.68. The van der Waals surface area contributed by atoms with Crippen LogP contribution >= 0.6 is 34.7 Å². The van der Waals surface area contributed by atoms with Crippen molar-refractivity contribution < 1.29 is 14.7 Å². The first kappa shape index (κ1) is 15.7. The molecule has 0 saturated carbocycles. The minimum Gasteiger partial charge on any atom is -0.478 e. The third-order valence-corrected chi connectivity index (χ3v) is 4.24. The van der Waals surface area contributed by atoms with E-state index in [1.807, 2.05) is 0 Å². The molecule has 2 heterocycles. The average molecular weight is 346 g/mol. The summed E-state index contributed by atoms with van der Waals surface area (Å²) in [4.78, 5) is 28.7. The van der Waals surface area contributed by atoms with Gasteiger partial charge in [-0.25, -0.2) is 9.78 Å². The van der Waals surface area contributed by atoms with Crippen LogP contribution in [-0.4, -0.2) is 33.4 Å². The molecule has 0 radical (unpaired) electrons. The number of nitrogens with zero attached hydrogens (tertiary/aromatic N) is 3. The van der Waals surface area contributed by atoms with Gasteiger partial charge in [-0.15, -0.1) is 0 Å². The Morgan fingerprint density at radius 3 is 2.67 bits per heavy atom. The van der Waals surface area contributed by atoms with E-state index in [-0.39, 0.29) is 26.3 Å². The van der Waals surface area contributed by atoms with E-state index >= 15 is 0 Å². The average Bonchev–Trinajstić information content (AvgIpc) is 2.81. The number of aryl methyl sites for hydroxylation is 1. The number of carboxylic acids is 1. The van der Waals surface area contributed by atoms with Crippen LogP contribution in [0, 0.1) is 6.92 Å². The first-order valence-corrected chi connectivity index (χ1v) is 7.14. The van der Waals surface area contributed by atoms with Crippen molar-refractivity contribution in [3.8, 4) is 0 Å². The van der Waals surface area contributed by atoms with Crippen molar-refractivity contribution in [1.29, 1.82) is 0 Å². The topological polar surface area (TPSA) is 83.4 Å². The molecular formula is C12H9Cl2N3O3S. The number of pyridine rings is 1. The number of rotatable bonds is 3. The number of aromatic carboxylic acids is 1. The van der Waals surface area contributed by atoms with Crippen LogP contribution in [0.4, 0.5) is 5.00 Å². The number of anilines is 1. The van der Waals surface area contributed by atoms with Crippen molar-refractivity contribution >= 4 is 51.6 Å². The van der Waals surface area contributed by atoms with Gasteiger partial charge in [-0.3, -0.25) is 4.79 Å². The summed E-state index contributed by atoms with van der Waals surface area (Å²) in [6.07, 6.45) is 1.26. The van der Waals surface area contributed by atoms with Crippen LogP contribution in [0.1, 0.15) is 26.4 Å². The van der Waals surface area contributed by atoms with Gasteiger partial charge in [0, 0.05) is 13.2 Å². The largest absolute Gasteiger partial charge is 0.478 e. The van der Waals surface area contributed by atoms with Gasteiger partial charge in [0.2, 0.25) is 0 Å². The molecule has 2 aromatic rings. The summed E-state index contributed by atoms with van der Waals surface area (Å²) in [5, 5.41) is 9.69. The summed E-state index contributed by atoms with van der Waals surface area (Å²) >= 11 is 12.6. The first-order valence-electron chi connectivity index (χ1n) is 5.61.